The van der Waals surface area contributed by atoms with E-state index < -0.39 is 0 Å². The second-order valence-corrected chi connectivity index (χ2v) is 7.21. The van der Waals surface area contributed by atoms with Crippen LogP contribution in [0.15, 0.2) is 54.6 Å². The van der Waals surface area contributed by atoms with E-state index in [4.69, 9.17) is 0 Å². The first-order valence-corrected chi connectivity index (χ1v) is 9.02. The van der Waals surface area contributed by atoms with Crippen LogP contribution in [0.2, 0.25) is 0 Å². The first kappa shape index (κ1) is 15.6. The standard InChI is InChI=1S/C22H26N2/c1-16(2)13-22(24-11-9-23-10-12-24)18-7-8-21-19(15-18)14-17-5-3-4-6-20(17)21/h3-8,15,22-23H,1,9-14H2,2H3/t22-/m0/s1. The van der Waals surface area contributed by atoms with Crippen LogP contribution in [0.3, 0.4) is 0 Å². The Morgan fingerprint density at radius 3 is 2.62 bits per heavy atom. The molecule has 0 saturated carbocycles. The number of piperazine rings is 1. The molecule has 124 valence electrons. The van der Waals surface area contributed by atoms with Gasteiger partial charge in [-0.1, -0.05) is 48.0 Å². The highest BCUT2D eigenvalue weighted by Gasteiger charge is 2.24. The van der Waals surface area contributed by atoms with Crippen LogP contribution in [0.5, 0.6) is 0 Å². The molecule has 1 aliphatic heterocycles. The van der Waals surface area contributed by atoms with E-state index >= 15 is 0 Å². The molecule has 0 radical (unpaired) electrons. The highest BCUT2D eigenvalue weighted by atomic mass is 15.2. The fourth-order valence-corrected chi connectivity index (χ4v) is 4.15. The van der Waals surface area contributed by atoms with Gasteiger partial charge >= 0.3 is 0 Å². The van der Waals surface area contributed by atoms with E-state index in [1.165, 1.54) is 33.4 Å². The molecule has 2 aromatic carbocycles. The van der Waals surface area contributed by atoms with Gasteiger partial charge in [0.1, 0.15) is 0 Å². The van der Waals surface area contributed by atoms with Gasteiger partial charge < -0.3 is 5.32 Å². The van der Waals surface area contributed by atoms with E-state index in [9.17, 15) is 0 Å². The summed E-state index contributed by atoms with van der Waals surface area (Å²) in [7, 11) is 0. The highest BCUT2D eigenvalue weighted by molar-refractivity contribution is 5.77. The first-order valence-electron chi connectivity index (χ1n) is 9.02. The molecule has 0 spiro atoms. The third kappa shape index (κ3) is 2.92. The summed E-state index contributed by atoms with van der Waals surface area (Å²) in [5.41, 5.74) is 8.49. The number of nitrogens with zero attached hydrogens (tertiary/aromatic N) is 1. The Labute approximate surface area is 145 Å². The molecule has 1 heterocycles. The van der Waals surface area contributed by atoms with Crippen molar-refractivity contribution in [3.8, 4) is 11.1 Å². The fourth-order valence-electron chi connectivity index (χ4n) is 4.15. The van der Waals surface area contributed by atoms with Crippen molar-refractivity contribution >= 4 is 0 Å². The SMILES string of the molecule is C=C(C)C[C@@H](c1ccc2c(c1)Cc1ccccc1-2)N1CCNCC1. The molecule has 2 aliphatic rings. The number of hydrogen-bond acceptors (Lipinski definition) is 2. The van der Waals surface area contributed by atoms with Crippen molar-refractivity contribution in [2.24, 2.45) is 0 Å². The molecular weight excluding hydrogens is 292 g/mol. The van der Waals surface area contributed by atoms with Crippen molar-refractivity contribution in [3.63, 3.8) is 0 Å². The lowest BCUT2D eigenvalue weighted by molar-refractivity contribution is 0.172. The predicted octanol–water partition coefficient (Wildman–Crippen LogP) is 4.17. The number of nitrogens with one attached hydrogen (secondary N) is 1. The van der Waals surface area contributed by atoms with Crippen LogP contribution in [0.25, 0.3) is 11.1 Å². The Kier molecular flexibility index (Phi) is 4.26. The Morgan fingerprint density at radius 1 is 1.08 bits per heavy atom. The zero-order valence-corrected chi connectivity index (χ0v) is 14.5. The maximum atomic E-state index is 4.18. The largest absolute Gasteiger partial charge is 0.314 e. The third-order valence-corrected chi connectivity index (χ3v) is 5.34. The average Bonchev–Trinajstić information content (AvgIpc) is 2.98. The van der Waals surface area contributed by atoms with E-state index in [2.05, 4.69) is 66.2 Å². The zero-order valence-electron chi connectivity index (χ0n) is 14.5. The monoisotopic (exact) mass is 318 g/mol. The van der Waals surface area contributed by atoms with Gasteiger partial charge in [0, 0.05) is 32.2 Å². The summed E-state index contributed by atoms with van der Waals surface area (Å²) >= 11 is 0. The van der Waals surface area contributed by atoms with Gasteiger partial charge in [-0.25, -0.2) is 0 Å². The molecule has 1 N–H and O–H groups in total. The molecule has 1 saturated heterocycles. The van der Waals surface area contributed by atoms with Crippen molar-refractivity contribution in [3.05, 3.63) is 71.3 Å². The van der Waals surface area contributed by atoms with Crippen LogP contribution in [-0.4, -0.2) is 31.1 Å². The lowest BCUT2D eigenvalue weighted by Crippen LogP contribution is -2.45. The second-order valence-electron chi connectivity index (χ2n) is 7.21. The Morgan fingerprint density at radius 2 is 1.83 bits per heavy atom. The summed E-state index contributed by atoms with van der Waals surface area (Å²) in [6, 6.07) is 16.4. The van der Waals surface area contributed by atoms with E-state index in [0.29, 0.717) is 6.04 Å². The average molecular weight is 318 g/mol. The third-order valence-electron chi connectivity index (χ3n) is 5.34. The van der Waals surface area contributed by atoms with Crippen LogP contribution in [0.1, 0.15) is 36.1 Å². The summed E-state index contributed by atoms with van der Waals surface area (Å²) in [6.45, 7) is 10.7. The first-order chi connectivity index (χ1) is 11.7. The molecule has 0 aromatic heterocycles. The zero-order chi connectivity index (χ0) is 16.5. The summed E-state index contributed by atoms with van der Waals surface area (Å²) < 4.78 is 0. The molecule has 2 aromatic rings. The van der Waals surface area contributed by atoms with Gasteiger partial charge in [0.15, 0.2) is 0 Å². The van der Waals surface area contributed by atoms with Crippen molar-refractivity contribution in [1.82, 2.24) is 10.2 Å². The van der Waals surface area contributed by atoms with Gasteiger partial charge in [-0.15, -0.1) is 6.58 Å². The van der Waals surface area contributed by atoms with Crippen LogP contribution in [0, 0.1) is 0 Å². The molecule has 0 amide bonds. The molecule has 0 bridgehead atoms. The van der Waals surface area contributed by atoms with Gasteiger partial charge in [-0.2, -0.15) is 0 Å². The van der Waals surface area contributed by atoms with Crippen LogP contribution in [0.4, 0.5) is 0 Å². The predicted molar refractivity (Wildman–Crippen MR) is 101 cm³/mol. The molecular formula is C22H26N2. The normalized spacial score (nSPS) is 18.0. The Bertz CT molecular complexity index is 756. The fraction of sp³-hybridized carbons (Fsp3) is 0.364. The lowest BCUT2D eigenvalue weighted by atomic mass is 9.94. The maximum Gasteiger partial charge on any atom is 0.0386 e. The minimum atomic E-state index is 0.457. The summed E-state index contributed by atoms with van der Waals surface area (Å²) in [5.74, 6) is 0. The molecule has 24 heavy (non-hydrogen) atoms. The van der Waals surface area contributed by atoms with Crippen molar-refractivity contribution in [2.75, 3.05) is 26.2 Å². The summed E-state index contributed by atoms with van der Waals surface area (Å²) in [5, 5.41) is 3.46. The minimum absolute atomic E-state index is 0.457. The lowest BCUT2D eigenvalue weighted by Gasteiger charge is -2.35. The van der Waals surface area contributed by atoms with Crippen molar-refractivity contribution in [2.45, 2.75) is 25.8 Å². The highest BCUT2D eigenvalue weighted by Crippen LogP contribution is 2.39. The number of benzene rings is 2. The van der Waals surface area contributed by atoms with Crippen molar-refractivity contribution < 1.29 is 0 Å². The molecule has 2 nitrogen and oxygen atoms in total. The van der Waals surface area contributed by atoms with E-state index in [1.807, 2.05) is 0 Å². The van der Waals surface area contributed by atoms with Gasteiger partial charge in [0.05, 0.1) is 0 Å². The molecule has 1 aliphatic carbocycles. The van der Waals surface area contributed by atoms with Crippen LogP contribution < -0.4 is 5.32 Å². The van der Waals surface area contributed by atoms with Gasteiger partial charge in [0.25, 0.3) is 0 Å². The number of fused-ring (bicyclic) bond motifs is 3. The number of hydrogen-bond donors (Lipinski definition) is 1. The minimum Gasteiger partial charge on any atom is -0.314 e. The molecule has 1 fully saturated rings. The van der Waals surface area contributed by atoms with Crippen molar-refractivity contribution in [1.29, 1.82) is 0 Å². The molecule has 2 heteroatoms. The maximum absolute atomic E-state index is 4.18. The molecule has 4 rings (SSSR count). The van der Waals surface area contributed by atoms with E-state index in [0.717, 1.165) is 39.0 Å². The molecule has 1 atom stereocenters. The summed E-state index contributed by atoms with van der Waals surface area (Å²) in [6.07, 6.45) is 2.12. The van der Waals surface area contributed by atoms with Gasteiger partial charge in [-0.05, 0) is 47.6 Å². The van der Waals surface area contributed by atoms with E-state index in [-0.39, 0.29) is 0 Å². The second kappa shape index (κ2) is 6.54. The van der Waals surface area contributed by atoms with Crippen LogP contribution >= 0.6 is 0 Å². The smallest absolute Gasteiger partial charge is 0.0386 e. The van der Waals surface area contributed by atoms with Gasteiger partial charge in [-0.3, -0.25) is 4.90 Å². The Hall–Kier alpha value is -1.90. The quantitative estimate of drug-likeness (QED) is 0.726. The van der Waals surface area contributed by atoms with E-state index in [1.54, 1.807) is 0 Å². The molecule has 0 unspecified atom stereocenters. The van der Waals surface area contributed by atoms with Crippen LogP contribution in [-0.2, 0) is 6.42 Å². The number of rotatable bonds is 4. The topological polar surface area (TPSA) is 15.3 Å². The summed E-state index contributed by atoms with van der Waals surface area (Å²) in [4.78, 5) is 2.62. The Balaban J connectivity index is 1.67. The van der Waals surface area contributed by atoms with Gasteiger partial charge in [0.2, 0.25) is 0 Å².